The molecule has 2 nitrogen and oxygen atoms in total. The van der Waals surface area contributed by atoms with Crippen molar-refractivity contribution in [2.45, 2.75) is 54.7 Å². The summed E-state index contributed by atoms with van der Waals surface area (Å²) in [5.41, 5.74) is 20.5. The Labute approximate surface area is 425 Å². The first-order chi connectivity index (χ1) is 34.6. The molecule has 13 rings (SSSR count). The molecule has 0 atom stereocenters. The first kappa shape index (κ1) is 43.5. The van der Waals surface area contributed by atoms with Gasteiger partial charge in [0.05, 0.1) is 11.0 Å². The van der Waals surface area contributed by atoms with Crippen molar-refractivity contribution in [1.82, 2.24) is 4.57 Å². The van der Waals surface area contributed by atoms with Gasteiger partial charge in [-0.1, -0.05) is 203 Å². The molecule has 0 bridgehead atoms. The van der Waals surface area contributed by atoms with Crippen LogP contribution in [0.5, 0.6) is 0 Å². The predicted octanol–water partition coefficient (Wildman–Crippen LogP) is 18.9. The topological polar surface area (TPSA) is 8.17 Å². The molecule has 1 aliphatic heterocycles. The zero-order chi connectivity index (χ0) is 48.0. The number of thioether (sulfide) groups is 2. The highest BCUT2D eigenvalue weighted by molar-refractivity contribution is 8.11. The number of fused-ring (bicyclic) bond motifs is 10. The summed E-state index contributed by atoms with van der Waals surface area (Å²) in [6.45, 7) is 14.3. The second kappa shape index (κ2) is 16.8. The molecule has 10 aromatic rings. The molecule has 0 saturated heterocycles. The first-order valence-corrected chi connectivity index (χ1v) is 26.3. The van der Waals surface area contributed by atoms with Crippen molar-refractivity contribution >= 4 is 62.4 Å². The van der Waals surface area contributed by atoms with Crippen molar-refractivity contribution in [2.24, 2.45) is 0 Å². The van der Waals surface area contributed by atoms with Crippen LogP contribution >= 0.6 is 23.5 Å². The summed E-state index contributed by atoms with van der Waals surface area (Å²) in [6.07, 6.45) is 5.64. The number of allylic oxidation sites excluding steroid dienone is 3. The number of anilines is 3. The summed E-state index contributed by atoms with van der Waals surface area (Å²) < 4.78 is 2.51. The fourth-order valence-corrected chi connectivity index (χ4v) is 13.8. The lowest BCUT2D eigenvalue weighted by Crippen LogP contribution is -2.22. The molecule has 0 fully saturated rings. The third-order valence-corrected chi connectivity index (χ3v) is 17.9. The molecule has 0 N–H and O–H groups in total. The molecule has 0 amide bonds. The van der Waals surface area contributed by atoms with Gasteiger partial charge < -0.3 is 9.47 Å². The second-order valence-electron chi connectivity index (χ2n) is 20.2. The van der Waals surface area contributed by atoms with Gasteiger partial charge in [-0.25, -0.2) is 0 Å². The zero-order valence-electron chi connectivity index (χ0n) is 40.4. The maximum atomic E-state index is 4.82. The molecule has 0 unspecified atom stereocenters. The number of hydrogen-bond acceptors (Lipinski definition) is 3. The third-order valence-electron chi connectivity index (χ3n) is 15.3. The van der Waals surface area contributed by atoms with Crippen molar-refractivity contribution in [3.05, 3.63) is 263 Å². The monoisotopic (exact) mass is 948 g/mol. The number of aromatic nitrogens is 1. The van der Waals surface area contributed by atoms with E-state index in [-0.39, 0.29) is 10.8 Å². The molecule has 3 aliphatic rings. The molecule has 0 saturated carbocycles. The maximum absolute atomic E-state index is 4.82. The molecule has 9 aromatic carbocycles. The minimum Gasteiger partial charge on any atom is -0.310 e. The fourth-order valence-electron chi connectivity index (χ4n) is 11.5. The average Bonchev–Trinajstić information content (AvgIpc) is 3.87. The summed E-state index contributed by atoms with van der Waals surface area (Å²) in [6, 6.07) is 76.2. The summed E-state index contributed by atoms with van der Waals surface area (Å²) in [4.78, 5) is 7.63. The maximum Gasteiger partial charge on any atom is 0.0584 e. The summed E-state index contributed by atoms with van der Waals surface area (Å²) >= 11 is 3.75. The van der Waals surface area contributed by atoms with E-state index in [1.54, 1.807) is 0 Å². The van der Waals surface area contributed by atoms with Crippen LogP contribution in [0.2, 0.25) is 0 Å². The van der Waals surface area contributed by atoms with Gasteiger partial charge in [0.2, 0.25) is 0 Å². The highest BCUT2D eigenvalue weighted by Gasteiger charge is 2.36. The zero-order valence-corrected chi connectivity index (χ0v) is 42.0. The summed E-state index contributed by atoms with van der Waals surface area (Å²) in [5.74, 6) is 0. The molecular formula is C67H52N2S2. The minimum absolute atomic E-state index is 0.108. The lowest BCUT2D eigenvalue weighted by molar-refractivity contribution is 0.639. The summed E-state index contributed by atoms with van der Waals surface area (Å²) in [5, 5.41) is 2.53. The molecule has 0 radical (unpaired) electrons. The third kappa shape index (κ3) is 7.18. The van der Waals surface area contributed by atoms with E-state index in [0.717, 1.165) is 34.7 Å². The van der Waals surface area contributed by atoms with Gasteiger partial charge in [0, 0.05) is 64.0 Å². The predicted molar refractivity (Wildman–Crippen MR) is 304 cm³/mol. The van der Waals surface area contributed by atoms with Gasteiger partial charge in [0.15, 0.2) is 0 Å². The van der Waals surface area contributed by atoms with Crippen molar-refractivity contribution < 1.29 is 0 Å². The number of benzene rings is 9. The van der Waals surface area contributed by atoms with E-state index in [0.29, 0.717) is 0 Å². The Bertz CT molecular complexity index is 3830. The quantitative estimate of drug-likeness (QED) is 0.164. The van der Waals surface area contributed by atoms with Gasteiger partial charge in [-0.3, -0.25) is 0 Å². The van der Waals surface area contributed by atoms with Gasteiger partial charge in [-0.15, -0.1) is 0 Å². The number of rotatable bonds is 6. The highest BCUT2D eigenvalue weighted by atomic mass is 32.2. The summed E-state index contributed by atoms with van der Waals surface area (Å²) in [7, 11) is 0. The van der Waals surface area contributed by atoms with Gasteiger partial charge in [-0.2, -0.15) is 0 Å². The van der Waals surface area contributed by atoms with E-state index in [1.807, 2.05) is 23.5 Å². The van der Waals surface area contributed by atoms with Gasteiger partial charge in [0.1, 0.15) is 0 Å². The highest BCUT2D eigenvalue weighted by Crippen LogP contribution is 2.54. The smallest absolute Gasteiger partial charge is 0.0584 e. The Morgan fingerprint density at radius 3 is 1.75 bits per heavy atom. The van der Waals surface area contributed by atoms with Crippen LogP contribution in [0, 0.1) is 0 Å². The van der Waals surface area contributed by atoms with E-state index >= 15 is 0 Å². The van der Waals surface area contributed by atoms with E-state index in [2.05, 4.69) is 256 Å². The Balaban J connectivity index is 0.878. The van der Waals surface area contributed by atoms with Crippen molar-refractivity contribution in [3.63, 3.8) is 0 Å². The van der Waals surface area contributed by atoms with Gasteiger partial charge >= 0.3 is 0 Å². The number of hydrogen-bond donors (Lipinski definition) is 0. The molecule has 342 valence electrons. The van der Waals surface area contributed by atoms with Crippen molar-refractivity contribution in [3.8, 4) is 39.1 Å². The Morgan fingerprint density at radius 2 is 1.04 bits per heavy atom. The van der Waals surface area contributed by atoms with Crippen LogP contribution in [-0.2, 0) is 17.3 Å². The fraction of sp³-hybridized carbons (Fsp3) is 0.104. The molecule has 4 heteroatoms. The molecule has 71 heavy (non-hydrogen) atoms. The van der Waals surface area contributed by atoms with Crippen LogP contribution in [-0.4, -0.2) is 4.57 Å². The average molecular weight is 949 g/mol. The van der Waals surface area contributed by atoms with E-state index < -0.39 is 0 Å². The van der Waals surface area contributed by atoms with Gasteiger partial charge in [-0.05, 0) is 140 Å². The number of para-hydroxylation sites is 1. The lowest BCUT2D eigenvalue weighted by atomic mass is 9.74. The van der Waals surface area contributed by atoms with Crippen molar-refractivity contribution in [1.29, 1.82) is 0 Å². The molecule has 0 spiro atoms. The molecular weight excluding hydrogens is 897 g/mol. The SMILES string of the molecule is C=C1/C=C2/Sc3ccccc3S/C2=C/Cc2ccc3c4ccccc4n(-c4ccc(-c5ccc(N(c6ccc(-c7ccccc7)cc6)c6ccc7c(c6)C(C)(C)c6ccccc6-7)cc5)cc4)c3c2C1(C)C. The van der Waals surface area contributed by atoms with Crippen LogP contribution < -0.4 is 4.90 Å². The van der Waals surface area contributed by atoms with Crippen LogP contribution in [0.15, 0.2) is 250 Å². The standard InChI is InChI=1S/C67H52N2S2/c1-43-41-63-62(70-60-21-13-14-22-61(60)71-63)40-30-48-29-38-56-55-18-10-12-20-59(55)69(65(56)64(48)66(43,2)3)51-35-27-47(28-36-51)46-25-33-50(34-26-46)68(49-31-23-45(24-32-49)44-15-7-6-8-16-44)52-37-39-54-53-17-9-11-19-57(53)67(4,5)58(54)42-52/h6-29,31-42H,1,30H2,2-5H3/b62-40+,63-41+. The van der Waals surface area contributed by atoms with Crippen molar-refractivity contribution in [2.75, 3.05) is 4.90 Å². The van der Waals surface area contributed by atoms with E-state index in [4.69, 9.17) is 6.58 Å². The Morgan fingerprint density at radius 1 is 0.479 bits per heavy atom. The Hall–Kier alpha value is -7.50. The van der Waals surface area contributed by atoms with Crippen LogP contribution in [0.1, 0.15) is 49.9 Å². The van der Waals surface area contributed by atoms with Crippen LogP contribution in [0.25, 0.3) is 60.9 Å². The largest absolute Gasteiger partial charge is 0.310 e. The van der Waals surface area contributed by atoms with E-state index in [1.165, 1.54) is 97.0 Å². The minimum atomic E-state index is -0.347. The first-order valence-electron chi connectivity index (χ1n) is 24.6. The molecule has 1 aromatic heterocycles. The van der Waals surface area contributed by atoms with Crippen LogP contribution in [0.3, 0.4) is 0 Å². The second-order valence-corrected chi connectivity index (χ2v) is 22.3. The van der Waals surface area contributed by atoms with Crippen LogP contribution in [0.4, 0.5) is 17.1 Å². The lowest BCUT2D eigenvalue weighted by Gasteiger charge is -2.31. The normalized spacial score (nSPS) is 16.8. The number of nitrogens with zero attached hydrogens (tertiary/aromatic N) is 2. The van der Waals surface area contributed by atoms with E-state index in [9.17, 15) is 0 Å². The molecule has 2 heterocycles. The Kier molecular flexibility index (Phi) is 10.3. The molecule has 2 aliphatic carbocycles. The van der Waals surface area contributed by atoms with Gasteiger partial charge in [0.25, 0.3) is 0 Å².